The molecule has 0 spiro atoms. The summed E-state index contributed by atoms with van der Waals surface area (Å²) in [5.74, 6) is 0.0468. The van der Waals surface area contributed by atoms with Crippen molar-refractivity contribution in [3.8, 4) is 0 Å². The molecule has 0 unspecified atom stereocenters. The molecular weight excluding hydrogens is 270 g/mol. The van der Waals surface area contributed by atoms with Crippen LogP contribution in [0, 0.1) is 0 Å². The maximum atomic E-state index is 11.4. The molecule has 0 saturated carbocycles. The second-order valence-electron chi connectivity index (χ2n) is 4.51. The highest BCUT2D eigenvalue weighted by Crippen LogP contribution is 2.31. The lowest BCUT2D eigenvalue weighted by atomic mass is 10.1. The first kappa shape index (κ1) is 13.0. The highest BCUT2D eigenvalue weighted by Gasteiger charge is 2.44. The fraction of sp³-hybridized carbons (Fsp3) is 0.500. The molecule has 0 aliphatic carbocycles. The Morgan fingerprint density at radius 2 is 2.20 bits per heavy atom. The van der Waals surface area contributed by atoms with Gasteiger partial charge < -0.3 is 25.8 Å². The number of nitrogens with two attached hydrogens (primary N) is 1. The molecule has 1 aliphatic heterocycles. The van der Waals surface area contributed by atoms with Crippen molar-refractivity contribution >= 4 is 17.0 Å². The minimum Gasteiger partial charge on any atom is -0.394 e. The van der Waals surface area contributed by atoms with Crippen molar-refractivity contribution in [1.29, 1.82) is 0 Å². The summed E-state index contributed by atoms with van der Waals surface area (Å²) in [6.07, 6.45) is -3.18. The minimum absolute atomic E-state index is 0.0468. The molecule has 0 aromatic carbocycles. The number of fused-ring (bicyclic) bond motifs is 1. The van der Waals surface area contributed by atoms with Crippen LogP contribution in [0.15, 0.2) is 11.1 Å². The Morgan fingerprint density at radius 3 is 2.85 bits per heavy atom. The Hall–Kier alpha value is -2.01. The molecule has 0 radical (unpaired) electrons. The molecule has 10 heteroatoms. The number of hydrogen-bond donors (Lipinski definition) is 5. The van der Waals surface area contributed by atoms with Gasteiger partial charge in [-0.15, -0.1) is 0 Å². The number of aliphatic hydroxyl groups excluding tert-OH is 3. The van der Waals surface area contributed by atoms with E-state index in [1.54, 1.807) is 0 Å². The van der Waals surface area contributed by atoms with E-state index in [1.807, 2.05) is 0 Å². The zero-order valence-corrected chi connectivity index (χ0v) is 10.2. The molecule has 108 valence electrons. The summed E-state index contributed by atoms with van der Waals surface area (Å²) in [5, 5.41) is 28.7. The molecule has 6 N–H and O–H groups in total. The van der Waals surface area contributed by atoms with Crippen LogP contribution in [0.25, 0.3) is 11.2 Å². The molecule has 4 atom stereocenters. The minimum atomic E-state index is -1.29. The van der Waals surface area contributed by atoms with E-state index in [4.69, 9.17) is 15.6 Å². The van der Waals surface area contributed by atoms with Crippen molar-refractivity contribution in [2.24, 2.45) is 0 Å². The van der Waals surface area contributed by atoms with Crippen molar-refractivity contribution in [2.75, 3.05) is 12.3 Å². The fourth-order valence-corrected chi connectivity index (χ4v) is 2.25. The third-order valence-corrected chi connectivity index (χ3v) is 3.26. The first-order chi connectivity index (χ1) is 9.52. The second kappa shape index (κ2) is 4.52. The van der Waals surface area contributed by atoms with Gasteiger partial charge in [-0.1, -0.05) is 0 Å². The largest absolute Gasteiger partial charge is 0.394 e. The molecule has 1 saturated heterocycles. The first-order valence-corrected chi connectivity index (χ1v) is 5.87. The summed E-state index contributed by atoms with van der Waals surface area (Å²) in [5.41, 5.74) is 5.34. The summed E-state index contributed by atoms with van der Waals surface area (Å²) in [4.78, 5) is 21.4. The van der Waals surface area contributed by atoms with Gasteiger partial charge >= 0.3 is 5.69 Å². The quantitative estimate of drug-likeness (QED) is 0.398. The standard InChI is InChI=1S/C10H13N5O5/c11-7-4-8(14-10(19)13-7)15(2-12-4)9-6(18)5(17)3(1-16)20-9/h2-3,5-6,9,16-18H,1H2,(H3,11,13,14,19)/t3-,5-,6-,9-/m1/s1. The van der Waals surface area contributed by atoms with Crippen LogP contribution in [0.4, 0.5) is 5.82 Å². The Labute approximate surface area is 111 Å². The van der Waals surface area contributed by atoms with E-state index in [-0.39, 0.29) is 17.0 Å². The van der Waals surface area contributed by atoms with Gasteiger partial charge in [-0.2, -0.15) is 4.98 Å². The van der Waals surface area contributed by atoms with E-state index < -0.39 is 36.8 Å². The molecule has 1 fully saturated rings. The molecular formula is C10H13N5O5. The Bertz CT molecular complexity index is 697. The monoisotopic (exact) mass is 283 g/mol. The fourth-order valence-electron chi connectivity index (χ4n) is 2.25. The lowest BCUT2D eigenvalue weighted by Gasteiger charge is -2.16. The molecule has 2 aromatic rings. The van der Waals surface area contributed by atoms with Gasteiger partial charge in [-0.3, -0.25) is 9.55 Å². The maximum Gasteiger partial charge on any atom is 0.348 e. The number of ether oxygens (including phenoxy) is 1. The molecule has 20 heavy (non-hydrogen) atoms. The normalized spacial score (nSPS) is 30.1. The SMILES string of the molecule is Nc1[nH]c(=O)nc2c1ncn2[C@@H]1O[C@H](CO)[C@@H](O)[C@H]1O. The third kappa shape index (κ3) is 1.78. The molecule has 3 rings (SSSR count). The van der Waals surface area contributed by atoms with Crippen LogP contribution >= 0.6 is 0 Å². The van der Waals surface area contributed by atoms with Gasteiger partial charge in [0.1, 0.15) is 29.6 Å². The maximum absolute atomic E-state index is 11.4. The zero-order chi connectivity index (χ0) is 14.4. The van der Waals surface area contributed by atoms with E-state index in [0.29, 0.717) is 0 Å². The molecule has 2 aromatic heterocycles. The lowest BCUT2D eigenvalue weighted by molar-refractivity contribution is -0.0511. The van der Waals surface area contributed by atoms with Gasteiger partial charge in [0, 0.05) is 0 Å². The number of aromatic amines is 1. The van der Waals surface area contributed by atoms with Crippen LogP contribution in [-0.4, -0.2) is 59.8 Å². The summed E-state index contributed by atoms with van der Waals surface area (Å²) < 4.78 is 6.64. The number of nitrogen functional groups attached to an aromatic ring is 1. The van der Waals surface area contributed by atoms with Gasteiger partial charge in [0.15, 0.2) is 11.9 Å². The number of hydrogen-bond acceptors (Lipinski definition) is 8. The highest BCUT2D eigenvalue weighted by atomic mass is 16.6. The van der Waals surface area contributed by atoms with Crippen LogP contribution in [0.1, 0.15) is 6.23 Å². The van der Waals surface area contributed by atoms with Gasteiger partial charge in [0.25, 0.3) is 0 Å². The van der Waals surface area contributed by atoms with Crippen molar-refractivity contribution in [2.45, 2.75) is 24.5 Å². The first-order valence-electron chi connectivity index (χ1n) is 5.87. The summed E-state index contributed by atoms with van der Waals surface area (Å²) >= 11 is 0. The van der Waals surface area contributed by atoms with Crippen molar-refractivity contribution in [3.05, 3.63) is 16.8 Å². The van der Waals surface area contributed by atoms with E-state index in [2.05, 4.69) is 15.0 Å². The van der Waals surface area contributed by atoms with Crippen molar-refractivity contribution < 1.29 is 20.1 Å². The second-order valence-corrected chi connectivity index (χ2v) is 4.51. The smallest absolute Gasteiger partial charge is 0.348 e. The number of nitrogens with zero attached hydrogens (tertiary/aromatic N) is 3. The van der Waals surface area contributed by atoms with Crippen LogP contribution in [0.3, 0.4) is 0 Å². The lowest BCUT2D eigenvalue weighted by Crippen LogP contribution is -2.33. The Kier molecular flexibility index (Phi) is 2.94. The average Bonchev–Trinajstić information content (AvgIpc) is 2.93. The number of H-pyrrole nitrogens is 1. The summed E-state index contributed by atoms with van der Waals surface area (Å²) in [6.45, 7) is -0.447. The predicted molar refractivity (Wildman–Crippen MR) is 65.6 cm³/mol. The molecule has 1 aliphatic rings. The van der Waals surface area contributed by atoms with Crippen LogP contribution in [-0.2, 0) is 4.74 Å². The molecule has 3 heterocycles. The van der Waals surface area contributed by atoms with E-state index in [0.717, 1.165) is 0 Å². The topological polar surface area (TPSA) is 160 Å². The highest BCUT2D eigenvalue weighted by molar-refractivity contribution is 5.81. The predicted octanol–water partition coefficient (Wildman–Crippen LogP) is -2.69. The molecule has 0 bridgehead atoms. The number of aromatic nitrogens is 4. The van der Waals surface area contributed by atoms with Gasteiger partial charge in [0.05, 0.1) is 12.9 Å². The Balaban J connectivity index is 2.09. The summed E-state index contributed by atoms with van der Waals surface area (Å²) in [7, 11) is 0. The van der Waals surface area contributed by atoms with Crippen LogP contribution in [0.2, 0.25) is 0 Å². The van der Waals surface area contributed by atoms with Gasteiger partial charge in [0.2, 0.25) is 0 Å². The average molecular weight is 283 g/mol. The van der Waals surface area contributed by atoms with Crippen LogP contribution in [0.5, 0.6) is 0 Å². The van der Waals surface area contributed by atoms with Crippen molar-refractivity contribution in [3.63, 3.8) is 0 Å². The van der Waals surface area contributed by atoms with Gasteiger partial charge in [-0.05, 0) is 0 Å². The van der Waals surface area contributed by atoms with E-state index in [9.17, 15) is 15.0 Å². The van der Waals surface area contributed by atoms with Crippen LogP contribution < -0.4 is 11.4 Å². The summed E-state index contributed by atoms with van der Waals surface area (Å²) in [6, 6.07) is 0. The third-order valence-electron chi connectivity index (χ3n) is 3.26. The van der Waals surface area contributed by atoms with Crippen molar-refractivity contribution in [1.82, 2.24) is 19.5 Å². The Morgan fingerprint density at radius 1 is 1.45 bits per heavy atom. The molecule has 10 nitrogen and oxygen atoms in total. The van der Waals surface area contributed by atoms with E-state index >= 15 is 0 Å². The number of imidazole rings is 1. The van der Waals surface area contributed by atoms with Gasteiger partial charge in [-0.25, -0.2) is 9.78 Å². The zero-order valence-electron chi connectivity index (χ0n) is 10.2. The number of anilines is 1. The number of aliphatic hydroxyl groups is 3. The molecule has 0 amide bonds. The number of nitrogens with one attached hydrogen (secondary N) is 1. The number of rotatable bonds is 2. The van der Waals surface area contributed by atoms with E-state index in [1.165, 1.54) is 10.9 Å².